The molecule has 2 heterocycles. The third-order valence-electron chi connectivity index (χ3n) is 3.13. The molecule has 1 aliphatic rings. The van der Waals surface area contributed by atoms with E-state index in [1.807, 2.05) is 6.07 Å². The van der Waals surface area contributed by atoms with E-state index in [1.165, 1.54) is 19.5 Å². The van der Waals surface area contributed by atoms with E-state index < -0.39 is 0 Å². The molecule has 1 saturated heterocycles. The topological polar surface area (TPSA) is 118 Å². The third kappa shape index (κ3) is 3.56. The molecule has 9 heteroatoms. The highest BCUT2D eigenvalue weighted by Gasteiger charge is 2.24. The Morgan fingerprint density at radius 2 is 2.05 bits per heavy atom. The lowest BCUT2D eigenvalue weighted by atomic mass is 10.2. The van der Waals surface area contributed by atoms with Crippen LogP contribution in [0.4, 0.5) is 5.95 Å². The fourth-order valence-corrected chi connectivity index (χ4v) is 1.95. The zero-order valence-corrected chi connectivity index (χ0v) is 11.5. The fourth-order valence-electron chi connectivity index (χ4n) is 1.95. The van der Waals surface area contributed by atoms with Gasteiger partial charge in [0.05, 0.1) is 0 Å². The van der Waals surface area contributed by atoms with E-state index >= 15 is 0 Å². The van der Waals surface area contributed by atoms with Crippen molar-refractivity contribution in [2.75, 3.05) is 31.5 Å². The second-order valence-electron chi connectivity index (χ2n) is 4.45. The van der Waals surface area contributed by atoms with Crippen molar-refractivity contribution < 1.29 is 9.59 Å². The monoisotopic (exact) mass is 289 g/mol. The van der Waals surface area contributed by atoms with Crippen LogP contribution in [-0.4, -0.2) is 63.0 Å². The Labute approximate surface area is 121 Å². The van der Waals surface area contributed by atoms with Crippen LogP contribution in [0.25, 0.3) is 0 Å². The van der Waals surface area contributed by atoms with Crippen molar-refractivity contribution in [3.05, 3.63) is 18.1 Å². The maximum atomic E-state index is 12.2. The summed E-state index contributed by atoms with van der Waals surface area (Å²) < 4.78 is 0. The lowest BCUT2D eigenvalue weighted by Gasteiger charge is -2.34. The highest BCUT2D eigenvalue weighted by molar-refractivity contribution is 5.97. The van der Waals surface area contributed by atoms with Crippen molar-refractivity contribution in [3.63, 3.8) is 0 Å². The molecule has 0 aromatic carbocycles. The van der Waals surface area contributed by atoms with Crippen LogP contribution in [0.15, 0.2) is 18.1 Å². The summed E-state index contributed by atoms with van der Waals surface area (Å²) in [7, 11) is 0. The highest BCUT2D eigenvalue weighted by atomic mass is 16.2. The van der Waals surface area contributed by atoms with Gasteiger partial charge in [-0.05, 0) is 0 Å². The highest BCUT2D eigenvalue weighted by Crippen LogP contribution is 2.07. The number of carbonyl (C=O) groups is 2. The first-order valence-electron chi connectivity index (χ1n) is 6.38. The van der Waals surface area contributed by atoms with Crippen LogP contribution in [0.3, 0.4) is 0 Å². The Balaban J connectivity index is 1.96. The van der Waals surface area contributed by atoms with E-state index in [1.54, 1.807) is 9.80 Å². The van der Waals surface area contributed by atoms with Crippen molar-refractivity contribution in [1.29, 1.82) is 5.26 Å². The number of nitrogens with one attached hydrogen (secondary N) is 2. The van der Waals surface area contributed by atoms with Gasteiger partial charge >= 0.3 is 0 Å². The number of piperazine rings is 1. The van der Waals surface area contributed by atoms with Gasteiger partial charge in [0.2, 0.25) is 11.9 Å². The summed E-state index contributed by atoms with van der Waals surface area (Å²) in [5.74, 6) is -0.0326. The zero-order valence-electron chi connectivity index (χ0n) is 11.5. The Morgan fingerprint density at radius 1 is 1.38 bits per heavy atom. The van der Waals surface area contributed by atoms with Crippen molar-refractivity contribution in [2.45, 2.75) is 6.92 Å². The maximum Gasteiger partial charge on any atom is 0.266 e. The molecule has 0 saturated carbocycles. The minimum absolute atomic E-state index is 0.00914. The Hall–Kier alpha value is -2.89. The van der Waals surface area contributed by atoms with E-state index in [0.717, 1.165) is 0 Å². The van der Waals surface area contributed by atoms with Crippen LogP contribution in [0.5, 0.6) is 0 Å². The third-order valence-corrected chi connectivity index (χ3v) is 3.13. The number of carbonyl (C=O) groups excluding carboxylic acids is 2. The molecule has 0 radical (unpaired) electrons. The van der Waals surface area contributed by atoms with Gasteiger partial charge in [-0.2, -0.15) is 15.3 Å². The summed E-state index contributed by atoms with van der Waals surface area (Å²) in [6, 6.07) is 1.86. The number of aromatic nitrogens is 3. The minimum atomic E-state index is -0.368. The number of aromatic amines is 1. The Bertz CT molecular complexity index is 579. The summed E-state index contributed by atoms with van der Waals surface area (Å²) in [5.41, 5.74) is -0.0253. The van der Waals surface area contributed by atoms with Crippen molar-refractivity contribution in [1.82, 2.24) is 25.0 Å². The molecule has 1 aromatic rings. The predicted octanol–water partition coefficient (Wildman–Crippen LogP) is -0.685. The summed E-state index contributed by atoms with van der Waals surface area (Å²) in [4.78, 5) is 30.5. The summed E-state index contributed by atoms with van der Waals surface area (Å²) >= 11 is 0. The molecule has 1 fully saturated rings. The number of H-pyrrole nitrogens is 1. The average molecular weight is 289 g/mol. The van der Waals surface area contributed by atoms with Gasteiger partial charge in [-0.3, -0.25) is 9.59 Å². The van der Waals surface area contributed by atoms with Gasteiger partial charge in [0.15, 0.2) is 0 Å². The molecule has 9 nitrogen and oxygen atoms in total. The van der Waals surface area contributed by atoms with E-state index in [9.17, 15) is 9.59 Å². The predicted molar refractivity (Wildman–Crippen MR) is 72.5 cm³/mol. The first-order valence-corrected chi connectivity index (χ1v) is 6.38. The first kappa shape index (κ1) is 14.5. The molecule has 0 unspecified atom stereocenters. The van der Waals surface area contributed by atoms with Crippen molar-refractivity contribution >= 4 is 17.8 Å². The van der Waals surface area contributed by atoms with Crippen LogP contribution < -0.4 is 5.32 Å². The number of hydrogen-bond donors (Lipinski definition) is 2. The molecule has 2 amide bonds. The molecule has 0 bridgehead atoms. The van der Waals surface area contributed by atoms with E-state index in [-0.39, 0.29) is 17.4 Å². The lowest BCUT2D eigenvalue weighted by Crippen LogP contribution is -2.50. The molecule has 0 aliphatic carbocycles. The van der Waals surface area contributed by atoms with Crippen LogP contribution in [0.2, 0.25) is 0 Å². The molecule has 1 aromatic heterocycles. The van der Waals surface area contributed by atoms with Crippen LogP contribution in [-0.2, 0) is 9.59 Å². The number of amides is 2. The van der Waals surface area contributed by atoms with Gasteiger partial charge in [-0.15, -0.1) is 0 Å². The zero-order chi connectivity index (χ0) is 15.2. The SMILES string of the molecule is CC(=O)N1CCN(C(=O)/C(C#N)=C\Nc2ncn[nH]2)CC1. The summed E-state index contributed by atoms with van der Waals surface area (Å²) in [6.07, 6.45) is 2.60. The average Bonchev–Trinajstić information content (AvgIpc) is 3.01. The van der Waals surface area contributed by atoms with Gasteiger partial charge in [0.25, 0.3) is 5.91 Å². The lowest BCUT2D eigenvalue weighted by molar-refractivity contribution is -0.136. The normalized spacial score (nSPS) is 15.5. The molecule has 0 atom stereocenters. The molecule has 2 N–H and O–H groups in total. The number of rotatable bonds is 3. The standard InChI is InChI=1S/C12H15N7O2/c1-9(20)18-2-4-19(5-3-18)11(21)10(6-13)7-14-12-15-8-16-17-12/h7-8H,2-5H2,1H3,(H2,14,15,16,17)/b10-7-. The first-order chi connectivity index (χ1) is 10.1. The number of anilines is 1. The molecule has 21 heavy (non-hydrogen) atoms. The number of nitrogens with zero attached hydrogens (tertiary/aromatic N) is 5. The number of hydrogen-bond acceptors (Lipinski definition) is 6. The molecular weight excluding hydrogens is 274 g/mol. The smallest absolute Gasteiger partial charge is 0.266 e. The van der Waals surface area contributed by atoms with Crippen molar-refractivity contribution in [3.8, 4) is 6.07 Å². The van der Waals surface area contributed by atoms with Crippen LogP contribution in [0, 0.1) is 11.3 Å². The summed E-state index contributed by atoms with van der Waals surface area (Å²) in [5, 5.41) is 18.0. The Kier molecular flexibility index (Phi) is 4.50. The quantitative estimate of drug-likeness (QED) is 0.562. The molecule has 1 aliphatic heterocycles. The molecule has 110 valence electrons. The van der Waals surface area contributed by atoms with E-state index in [4.69, 9.17) is 5.26 Å². The molecule has 2 rings (SSSR count). The Morgan fingerprint density at radius 3 is 2.57 bits per heavy atom. The largest absolute Gasteiger partial charge is 0.339 e. The van der Waals surface area contributed by atoms with Gasteiger partial charge in [-0.1, -0.05) is 0 Å². The molecule has 0 spiro atoms. The second kappa shape index (κ2) is 6.51. The van der Waals surface area contributed by atoms with Crippen LogP contribution >= 0.6 is 0 Å². The van der Waals surface area contributed by atoms with Gasteiger partial charge in [0.1, 0.15) is 18.0 Å². The fraction of sp³-hybridized carbons (Fsp3) is 0.417. The number of nitriles is 1. The van der Waals surface area contributed by atoms with Gasteiger partial charge in [0, 0.05) is 39.3 Å². The summed E-state index contributed by atoms with van der Waals surface area (Å²) in [6.45, 7) is 3.30. The van der Waals surface area contributed by atoms with Crippen molar-refractivity contribution in [2.24, 2.45) is 0 Å². The minimum Gasteiger partial charge on any atom is -0.339 e. The maximum absolute atomic E-state index is 12.2. The van der Waals surface area contributed by atoms with Crippen LogP contribution in [0.1, 0.15) is 6.92 Å². The molecular formula is C12H15N7O2. The van der Waals surface area contributed by atoms with E-state index in [0.29, 0.717) is 32.1 Å². The second-order valence-corrected chi connectivity index (χ2v) is 4.45. The van der Waals surface area contributed by atoms with Gasteiger partial charge in [-0.25, -0.2) is 5.10 Å². The van der Waals surface area contributed by atoms with Gasteiger partial charge < -0.3 is 15.1 Å². The van der Waals surface area contributed by atoms with E-state index in [2.05, 4.69) is 20.5 Å².